The van der Waals surface area contributed by atoms with Crippen LogP contribution in [0.2, 0.25) is 0 Å². The summed E-state index contributed by atoms with van der Waals surface area (Å²) in [6.07, 6.45) is 5.22. The van der Waals surface area contributed by atoms with Gasteiger partial charge in [-0.3, -0.25) is 4.79 Å². The number of piperidine rings is 2. The summed E-state index contributed by atoms with van der Waals surface area (Å²) in [7, 11) is 0. The van der Waals surface area contributed by atoms with E-state index in [0.717, 1.165) is 38.8 Å². The zero-order chi connectivity index (χ0) is 15.5. The fourth-order valence-corrected chi connectivity index (χ4v) is 3.37. The van der Waals surface area contributed by atoms with Gasteiger partial charge >= 0.3 is 12.0 Å². The summed E-state index contributed by atoms with van der Waals surface area (Å²) in [5, 5.41) is 8.83. The van der Waals surface area contributed by atoms with Crippen LogP contribution in [0.15, 0.2) is 0 Å². The van der Waals surface area contributed by atoms with Crippen molar-refractivity contribution in [3.63, 3.8) is 0 Å². The summed E-state index contributed by atoms with van der Waals surface area (Å²) in [5.41, 5.74) is 0.394. The van der Waals surface area contributed by atoms with Crippen molar-refractivity contribution < 1.29 is 14.7 Å². The molecular weight excluding hydrogens is 268 g/mol. The van der Waals surface area contributed by atoms with Gasteiger partial charge in [-0.05, 0) is 37.0 Å². The van der Waals surface area contributed by atoms with Gasteiger partial charge in [0, 0.05) is 32.6 Å². The average molecular weight is 296 g/mol. The average Bonchev–Trinajstić information content (AvgIpc) is 2.47. The standard InChI is InChI=1S/C16H28N2O3/c1-3-16(2)6-10-18(11-7-16)15(21)17-8-4-13(5-9-17)12-14(19)20/h13H,3-12H2,1-2H3,(H,19,20). The third-order valence-corrected chi connectivity index (χ3v) is 5.44. The number of aliphatic carboxylic acids is 1. The van der Waals surface area contributed by atoms with E-state index >= 15 is 0 Å². The van der Waals surface area contributed by atoms with Gasteiger partial charge in [-0.1, -0.05) is 20.3 Å². The van der Waals surface area contributed by atoms with Crippen LogP contribution in [0, 0.1) is 11.3 Å². The number of amides is 2. The van der Waals surface area contributed by atoms with Crippen molar-refractivity contribution in [1.29, 1.82) is 0 Å². The second-order valence-corrected chi connectivity index (χ2v) is 6.96. The van der Waals surface area contributed by atoms with E-state index < -0.39 is 5.97 Å². The first kappa shape index (κ1) is 16.1. The third kappa shape index (κ3) is 4.11. The molecule has 0 saturated carbocycles. The maximum Gasteiger partial charge on any atom is 0.319 e. The van der Waals surface area contributed by atoms with Gasteiger partial charge in [0.2, 0.25) is 0 Å². The fourth-order valence-electron chi connectivity index (χ4n) is 3.37. The highest BCUT2D eigenvalue weighted by Crippen LogP contribution is 2.34. The van der Waals surface area contributed by atoms with Crippen LogP contribution in [-0.4, -0.2) is 53.1 Å². The van der Waals surface area contributed by atoms with Crippen molar-refractivity contribution in [2.45, 2.75) is 52.4 Å². The molecule has 2 rings (SSSR count). The number of hydrogen-bond acceptors (Lipinski definition) is 2. The molecule has 0 aliphatic carbocycles. The number of rotatable bonds is 3. The molecule has 5 heteroatoms. The predicted octanol–water partition coefficient (Wildman–Crippen LogP) is 2.81. The molecule has 120 valence electrons. The maximum absolute atomic E-state index is 12.5. The molecule has 2 saturated heterocycles. The van der Waals surface area contributed by atoms with E-state index in [1.807, 2.05) is 9.80 Å². The number of carbonyl (C=O) groups is 2. The van der Waals surface area contributed by atoms with E-state index in [1.54, 1.807) is 0 Å². The van der Waals surface area contributed by atoms with Crippen molar-refractivity contribution in [1.82, 2.24) is 9.80 Å². The fraction of sp³-hybridized carbons (Fsp3) is 0.875. The normalized spacial score (nSPS) is 23.1. The number of likely N-dealkylation sites (tertiary alicyclic amines) is 2. The Morgan fingerprint density at radius 2 is 1.62 bits per heavy atom. The molecule has 2 heterocycles. The van der Waals surface area contributed by atoms with Gasteiger partial charge in [-0.25, -0.2) is 4.79 Å². The Bertz CT molecular complexity index is 381. The van der Waals surface area contributed by atoms with Crippen LogP contribution < -0.4 is 0 Å². The molecule has 5 nitrogen and oxygen atoms in total. The van der Waals surface area contributed by atoms with E-state index in [-0.39, 0.29) is 18.4 Å². The highest BCUT2D eigenvalue weighted by atomic mass is 16.4. The Kier molecular flexibility index (Phi) is 5.12. The van der Waals surface area contributed by atoms with Gasteiger partial charge in [0.1, 0.15) is 0 Å². The molecule has 0 atom stereocenters. The van der Waals surface area contributed by atoms with Crippen molar-refractivity contribution in [3.8, 4) is 0 Å². The number of nitrogens with zero attached hydrogens (tertiary/aromatic N) is 2. The van der Waals surface area contributed by atoms with E-state index in [4.69, 9.17) is 5.11 Å². The van der Waals surface area contributed by atoms with E-state index in [1.165, 1.54) is 6.42 Å². The topological polar surface area (TPSA) is 60.9 Å². The van der Waals surface area contributed by atoms with Crippen molar-refractivity contribution in [2.24, 2.45) is 11.3 Å². The van der Waals surface area contributed by atoms with Crippen molar-refractivity contribution >= 4 is 12.0 Å². The van der Waals surface area contributed by atoms with Gasteiger partial charge in [-0.15, -0.1) is 0 Å². The molecule has 0 radical (unpaired) electrons. The second-order valence-electron chi connectivity index (χ2n) is 6.96. The van der Waals surface area contributed by atoms with Crippen molar-refractivity contribution in [2.75, 3.05) is 26.2 Å². The maximum atomic E-state index is 12.5. The molecule has 0 spiro atoms. The summed E-state index contributed by atoms with van der Waals surface area (Å²) in [5.74, 6) is -0.494. The minimum Gasteiger partial charge on any atom is -0.481 e. The first-order valence-corrected chi connectivity index (χ1v) is 8.19. The zero-order valence-electron chi connectivity index (χ0n) is 13.3. The Labute approximate surface area is 127 Å². The first-order chi connectivity index (χ1) is 9.93. The summed E-state index contributed by atoms with van der Waals surface area (Å²) in [6.45, 7) is 7.67. The largest absolute Gasteiger partial charge is 0.481 e. The molecule has 2 amide bonds. The van der Waals surface area contributed by atoms with Gasteiger partial charge in [0.05, 0.1) is 0 Å². The quantitative estimate of drug-likeness (QED) is 0.871. The second kappa shape index (κ2) is 6.67. The van der Waals surface area contributed by atoms with Crippen LogP contribution in [0.5, 0.6) is 0 Å². The minimum atomic E-state index is -0.727. The van der Waals surface area contributed by atoms with Crippen LogP contribution in [0.4, 0.5) is 4.79 Å². The van der Waals surface area contributed by atoms with Gasteiger partial charge < -0.3 is 14.9 Å². The molecule has 0 aromatic rings. The summed E-state index contributed by atoms with van der Waals surface area (Å²) in [4.78, 5) is 27.1. The monoisotopic (exact) mass is 296 g/mol. The zero-order valence-corrected chi connectivity index (χ0v) is 13.3. The SMILES string of the molecule is CCC1(C)CCN(C(=O)N2CCC(CC(=O)O)CC2)CC1. The summed E-state index contributed by atoms with van der Waals surface area (Å²) in [6, 6.07) is 0.155. The third-order valence-electron chi connectivity index (χ3n) is 5.44. The van der Waals surface area contributed by atoms with Crippen LogP contribution >= 0.6 is 0 Å². The number of carboxylic acid groups (broad SMARTS) is 1. The van der Waals surface area contributed by atoms with Gasteiger partial charge in [0.25, 0.3) is 0 Å². The van der Waals surface area contributed by atoms with Gasteiger partial charge in [0.15, 0.2) is 0 Å². The molecule has 2 fully saturated rings. The molecule has 0 aromatic heterocycles. The van der Waals surface area contributed by atoms with Crippen LogP contribution in [0.1, 0.15) is 52.4 Å². The van der Waals surface area contributed by atoms with Gasteiger partial charge in [-0.2, -0.15) is 0 Å². The number of urea groups is 1. The molecule has 2 aliphatic rings. The highest BCUT2D eigenvalue weighted by molar-refractivity contribution is 5.74. The number of carboxylic acids is 1. The molecule has 0 aromatic carbocycles. The smallest absolute Gasteiger partial charge is 0.319 e. The molecule has 1 N–H and O–H groups in total. The lowest BCUT2D eigenvalue weighted by Crippen LogP contribution is -2.50. The van der Waals surface area contributed by atoms with E-state index in [2.05, 4.69) is 13.8 Å². The Morgan fingerprint density at radius 3 is 2.10 bits per heavy atom. The molecule has 0 unspecified atom stereocenters. The molecule has 21 heavy (non-hydrogen) atoms. The van der Waals surface area contributed by atoms with E-state index in [0.29, 0.717) is 18.5 Å². The predicted molar refractivity (Wildman–Crippen MR) is 81.2 cm³/mol. The molecule has 2 aliphatic heterocycles. The summed E-state index contributed by atoms with van der Waals surface area (Å²) < 4.78 is 0. The Balaban J connectivity index is 1.79. The Hall–Kier alpha value is -1.26. The number of hydrogen-bond donors (Lipinski definition) is 1. The van der Waals surface area contributed by atoms with Crippen LogP contribution in [0.3, 0.4) is 0 Å². The number of carbonyl (C=O) groups excluding carboxylic acids is 1. The van der Waals surface area contributed by atoms with E-state index in [9.17, 15) is 9.59 Å². The lowest BCUT2D eigenvalue weighted by Gasteiger charge is -2.42. The lowest BCUT2D eigenvalue weighted by atomic mass is 9.78. The van der Waals surface area contributed by atoms with Crippen molar-refractivity contribution in [3.05, 3.63) is 0 Å². The van der Waals surface area contributed by atoms with Crippen LogP contribution in [-0.2, 0) is 4.79 Å². The summed E-state index contributed by atoms with van der Waals surface area (Å²) >= 11 is 0. The van der Waals surface area contributed by atoms with Crippen LogP contribution in [0.25, 0.3) is 0 Å². The highest BCUT2D eigenvalue weighted by Gasteiger charge is 2.33. The molecule has 0 bridgehead atoms. The Morgan fingerprint density at radius 1 is 1.10 bits per heavy atom. The first-order valence-electron chi connectivity index (χ1n) is 8.19. The minimum absolute atomic E-state index is 0.155. The lowest BCUT2D eigenvalue weighted by molar-refractivity contribution is -0.138. The molecular formula is C16H28N2O3.